The van der Waals surface area contributed by atoms with Crippen LogP contribution in [0.2, 0.25) is 10.0 Å². The van der Waals surface area contributed by atoms with Crippen molar-refractivity contribution in [3.63, 3.8) is 0 Å². The van der Waals surface area contributed by atoms with Crippen LogP contribution in [-0.2, 0) is 12.8 Å². The van der Waals surface area contributed by atoms with E-state index >= 15 is 0 Å². The number of fused-ring (bicyclic) bond motifs is 1. The Morgan fingerprint density at radius 3 is 2.69 bits per heavy atom. The molecule has 4 nitrogen and oxygen atoms in total. The topological polar surface area (TPSA) is 45.4 Å². The Hall–Kier alpha value is -0.720. The maximum Gasteiger partial charge on any atom is 0.180 e. The van der Waals surface area contributed by atoms with E-state index in [1.54, 1.807) is 11.3 Å². The predicted molar refractivity (Wildman–Crippen MR) is 128 cm³/mol. The number of nitrogens with two attached hydrogens (primary N) is 1. The molecule has 1 aromatic carbocycles. The number of hydrogen-bond acceptors (Lipinski definition) is 5. The molecule has 8 heteroatoms. The van der Waals surface area contributed by atoms with Crippen LogP contribution in [0.4, 0.5) is 10.8 Å². The molecule has 0 amide bonds. The Kier molecular flexibility index (Phi) is 7.96. The zero-order valence-electron chi connectivity index (χ0n) is 16.7. The van der Waals surface area contributed by atoms with Crippen molar-refractivity contribution in [1.29, 1.82) is 0 Å². The van der Waals surface area contributed by atoms with Crippen LogP contribution in [0.3, 0.4) is 0 Å². The minimum atomic E-state index is 0. The summed E-state index contributed by atoms with van der Waals surface area (Å²) in [7, 11) is 0. The lowest BCUT2D eigenvalue weighted by Gasteiger charge is -2.44. The molecule has 2 heterocycles. The summed E-state index contributed by atoms with van der Waals surface area (Å²) in [5.74, 6) is 0. The van der Waals surface area contributed by atoms with Crippen LogP contribution in [0.15, 0.2) is 18.2 Å². The maximum absolute atomic E-state index is 6.45. The molecule has 160 valence electrons. The second kappa shape index (κ2) is 10.1. The van der Waals surface area contributed by atoms with Crippen molar-refractivity contribution >= 4 is 57.8 Å². The fourth-order valence-electron chi connectivity index (χ4n) is 4.76. The van der Waals surface area contributed by atoms with Gasteiger partial charge in [-0.1, -0.05) is 36.2 Å². The molecule has 29 heavy (non-hydrogen) atoms. The molecule has 1 aromatic heterocycles. The van der Waals surface area contributed by atoms with Gasteiger partial charge in [0.25, 0.3) is 0 Å². The van der Waals surface area contributed by atoms with Crippen LogP contribution in [0.5, 0.6) is 0 Å². The third-order valence-electron chi connectivity index (χ3n) is 6.09. The molecular weight excluding hydrogens is 447 g/mol. The molecule has 2 N–H and O–H groups in total. The van der Waals surface area contributed by atoms with E-state index in [2.05, 4.69) is 27.8 Å². The molecule has 4 rings (SSSR count). The van der Waals surface area contributed by atoms with E-state index < -0.39 is 0 Å². The number of hydrogen-bond donors (Lipinski definition) is 1. The van der Waals surface area contributed by atoms with Gasteiger partial charge in [-0.2, -0.15) is 0 Å². The van der Waals surface area contributed by atoms with E-state index in [1.165, 1.54) is 23.4 Å². The van der Waals surface area contributed by atoms with Crippen molar-refractivity contribution < 1.29 is 0 Å². The van der Waals surface area contributed by atoms with Crippen molar-refractivity contribution in [3.05, 3.63) is 38.8 Å². The number of benzene rings is 1. The first kappa shape index (κ1) is 23.0. The highest BCUT2D eigenvalue weighted by molar-refractivity contribution is 7.15. The monoisotopic (exact) mass is 474 g/mol. The van der Waals surface area contributed by atoms with Gasteiger partial charge in [0, 0.05) is 30.1 Å². The van der Waals surface area contributed by atoms with Gasteiger partial charge in [0.15, 0.2) is 5.13 Å². The fraction of sp³-hybridized carbons (Fsp3) is 0.571. The Morgan fingerprint density at radius 1 is 1.21 bits per heavy atom. The number of thiazole rings is 1. The van der Waals surface area contributed by atoms with Crippen molar-refractivity contribution in [2.75, 3.05) is 30.3 Å². The second-order valence-electron chi connectivity index (χ2n) is 7.85. The van der Waals surface area contributed by atoms with Crippen molar-refractivity contribution in [3.8, 4) is 0 Å². The summed E-state index contributed by atoms with van der Waals surface area (Å²) in [6.45, 7) is 5.50. The van der Waals surface area contributed by atoms with Gasteiger partial charge in [-0.05, 0) is 57.2 Å². The summed E-state index contributed by atoms with van der Waals surface area (Å²) in [6.07, 6.45) is 6.87. The molecule has 0 spiro atoms. The Balaban J connectivity index is 0.00000240. The molecule has 0 saturated carbocycles. The highest BCUT2D eigenvalue weighted by atomic mass is 35.5. The number of aryl methyl sites for hydroxylation is 1. The third-order valence-corrected chi connectivity index (χ3v) is 7.84. The van der Waals surface area contributed by atoms with Gasteiger partial charge in [0.05, 0.1) is 21.4 Å². The molecule has 0 radical (unpaired) electrons. The van der Waals surface area contributed by atoms with Gasteiger partial charge >= 0.3 is 0 Å². The minimum Gasteiger partial charge on any atom is -0.375 e. The molecule has 2 aromatic rings. The van der Waals surface area contributed by atoms with Gasteiger partial charge in [0.1, 0.15) is 0 Å². The van der Waals surface area contributed by atoms with Crippen LogP contribution in [0.1, 0.15) is 43.2 Å². The molecular formula is C21H29Cl3N4S. The highest BCUT2D eigenvalue weighted by Gasteiger charge is 2.32. The van der Waals surface area contributed by atoms with Crippen molar-refractivity contribution in [1.82, 2.24) is 9.88 Å². The summed E-state index contributed by atoms with van der Waals surface area (Å²) in [4.78, 5) is 11.1. The minimum absolute atomic E-state index is 0. The lowest BCUT2D eigenvalue weighted by Crippen LogP contribution is -2.51. The van der Waals surface area contributed by atoms with Crippen LogP contribution < -0.4 is 10.6 Å². The molecule has 2 aliphatic rings. The van der Waals surface area contributed by atoms with E-state index in [-0.39, 0.29) is 12.4 Å². The van der Waals surface area contributed by atoms with E-state index in [0.717, 1.165) is 56.1 Å². The summed E-state index contributed by atoms with van der Waals surface area (Å²) < 4.78 is 0. The Morgan fingerprint density at radius 2 is 1.97 bits per heavy atom. The average molecular weight is 476 g/mol. The highest BCUT2D eigenvalue weighted by Crippen LogP contribution is 2.36. The number of rotatable bonds is 5. The Labute approximate surface area is 193 Å². The number of piperidine rings is 1. The molecule has 1 saturated heterocycles. The predicted octanol–water partition coefficient (Wildman–Crippen LogP) is 5.69. The largest absolute Gasteiger partial charge is 0.375 e. The molecule has 1 atom stereocenters. The molecule has 0 bridgehead atoms. The number of nitrogens with zero attached hydrogens (tertiary/aromatic N) is 3. The quantitative estimate of drug-likeness (QED) is 0.603. The first-order valence-electron chi connectivity index (χ1n) is 10.3. The van der Waals surface area contributed by atoms with Gasteiger partial charge in [-0.3, -0.25) is 4.90 Å². The van der Waals surface area contributed by atoms with Gasteiger partial charge in [-0.25, -0.2) is 4.98 Å². The normalized spacial score (nSPS) is 19.9. The van der Waals surface area contributed by atoms with Crippen LogP contribution in [0, 0.1) is 0 Å². The summed E-state index contributed by atoms with van der Waals surface area (Å²) in [6, 6.07) is 7.16. The molecule has 0 unspecified atom stereocenters. The van der Waals surface area contributed by atoms with Gasteiger partial charge < -0.3 is 10.6 Å². The molecule has 1 aliphatic carbocycles. The molecule has 1 aliphatic heterocycles. The lowest BCUT2D eigenvalue weighted by molar-refractivity contribution is 0.103. The maximum atomic E-state index is 6.45. The number of anilines is 2. The van der Waals surface area contributed by atoms with Crippen LogP contribution >= 0.6 is 46.9 Å². The van der Waals surface area contributed by atoms with Gasteiger partial charge in [0.2, 0.25) is 0 Å². The summed E-state index contributed by atoms with van der Waals surface area (Å²) in [5.41, 5.74) is 8.25. The zero-order valence-corrected chi connectivity index (χ0v) is 19.9. The van der Waals surface area contributed by atoms with E-state index in [9.17, 15) is 0 Å². The number of nitrogen functional groups attached to an aromatic ring is 1. The molecule has 1 fully saturated rings. The van der Waals surface area contributed by atoms with Crippen LogP contribution in [0.25, 0.3) is 0 Å². The van der Waals surface area contributed by atoms with Gasteiger partial charge in [-0.15, -0.1) is 23.7 Å². The number of halogens is 3. The van der Waals surface area contributed by atoms with Crippen molar-refractivity contribution in [2.45, 2.75) is 57.5 Å². The standard InChI is InChI=1S/C21H28Cl2N4S.ClH/c1-2-10-27(15-6-7-17-19(13-15)28-21(24)25-17)14-8-11-26(12-9-14)18-5-3-4-16(22)20(18)23;/h3-5,14-15H,2,6-13H2,1H3,(H2,24,25);1H/t15-;/m0./s1. The smallest absolute Gasteiger partial charge is 0.180 e. The lowest BCUT2D eigenvalue weighted by atomic mass is 9.92. The van der Waals surface area contributed by atoms with E-state index in [1.807, 2.05) is 12.1 Å². The van der Waals surface area contributed by atoms with E-state index in [4.69, 9.17) is 28.9 Å². The first-order valence-corrected chi connectivity index (χ1v) is 11.8. The first-order chi connectivity index (χ1) is 13.6. The fourth-order valence-corrected chi connectivity index (χ4v) is 6.12. The average Bonchev–Trinajstić information content (AvgIpc) is 3.08. The SMILES string of the molecule is CCCN(C1CCN(c2cccc(Cl)c2Cl)CC1)[C@H]1CCc2nc(N)sc2C1.Cl. The zero-order chi connectivity index (χ0) is 19.7. The van der Waals surface area contributed by atoms with Crippen LogP contribution in [-0.4, -0.2) is 41.6 Å². The summed E-state index contributed by atoms with van der Waals surface area (Å²) in [5, 5.41) is 2.03. The second-order valence-corrected chi connectivity index (χ2v) is 9.75. The number of aromatic nitrogens is 1. The van der Waals surface area contributed by atoms with E-state index in [0.29, 0.717) is 22.1 Å². The van der Waals surface area contributed by atoms with Crippen molar-refractivity contribution in [2.24, 2.45) is 0 Å². The third kappa shape index (κ3) is 4.96. The summed E-state index contributed by atoms with van der Waals surface area (Å²) >= 11 is 14.3. The Bertz CT molecular complexity index is 820.